The first-order valence-electron chi connectivity index (χ1n) is 8.01. The fraction of sp³-hybridized carbons (Fsp3) is 0.158. The van der Waals surface area contributed by atoms with Crippen molar-refractivity contribution in [1.82, 2.24) is 5.01 Å². The number of hydrogen-bond donors (Lipinski definition) is 0. The third kappa shape index (κ3) is 4.72. The second-order valence-corrected chi connectivity index (χ2v) is 7.13. The minimum absolute atomic E-state index is 0.134. The molecule has 0 aliphatic carbocycles. The Morgan fingerprint density at radius 2 is 2.00 bits per heavy atom. The Morgan fingerprint density at radius 3 is 2.67 bits per heavy atom. The number of carbonyl (C=O) groups excluding carboxylic acids is 2. The molecule has 3 rings (SSSR count). The maximum Gasteiger partial charge on any atom is 0.337 e. The van der Waals surface area contributed by atoms with Crippen LogP contribution in [0.2, 0.25) is 0 Å². The third-order valence-electron chi connectivity index (χ3n) is 3.73. The summed E-state index contributed by atoms with van der Waals surface area (Å²) >= 11 is 6.40. The molecule has 0 N–H and O–H groups in total. The van der Waals surface area contributed by atoms with E-state index in [2.05, 4.69) is 9.84 Å². The number of esters is 1. The molecule has 1 heterocycles. The molecule has 1 aliphatic heterocycles. The number of ether oxygens (including phenoxy) is 2. The fourth-order valence-electron chi connectivity index (χ4n) is 2.31. The lowest BCUT2D eigenvalue weighted by Gasteiger charge is -2.11. The van der Waals surface area contributed by atoms with Gasteiger partial charge in [0.15, 0.2) is 4.32 Å². The number of amides is 1. The summed E-state index contributed by atoms with van der Waals surface area (Å²) in [5, 5.41) is 5.40. The van der Waals surface area contributed by atoms with Crippen LogP contribution >= 0.6 is 24.0 Å². The van der Waals surface area contributed by atoms with Gasteiger partial charge in [0, 0.05) is 5.56 Å². The molecule has 0 atom stereocenters. The Kier molecular flexibility index (Phi) is 6.20. The highest BCUT2D eigenvalue weighted by Gasteiger charge is 2.26. The number of thioether (sulfide) groups is 1. The van der Waals surface area contributed by atoms with E-state index in [0.717, 1.165) is 11.1 Å². The van der Waals surface area contributed by atoms with Crippen LogP contribution in [0.1, 0.15) is 21.5 Å². The standard InChI is InChI=1S/C19H16N2O4S2/c1-24-18(23)14-8-6-13(7-9-14)11-25-16-5-3-2-4-15(16)10-20-21-17(22)12-27-19(21)26/h2-10H,11-12H2,1H3/b20-10+. The van der Waals surface area contributed by atoms with Crippen LogP contribution in [0.15, 0.2) is 53.6 Å². The van der Waals surface area contributed by atoms with Crippen molar-refractivity contribution in [3.05, 3.63) is 65.2 Å². The number of benzene rings is 2. The number of para-hydroxylation sites is 1. The molecular weight excluding hydrogens is 384 g/mol. The number of hydrazone groups is 1. The van der Waals surface area contributed by atoms with Gasteiger partial charge < -0.3 is 9.47 Å². The van der Waals surface area contributed by atoms with Crippen molar-refractivity contribution in [1.29, 1.82) is 0 Å². The van der Waals surface area contributed by atoms with Gasteiger partial charge in [-0.25, -0.2) is 4.79 Å². The van der Waals surface area contributed by atoms with Gasteiger partial charge in [0.2, 0.25) is 0 Å². The van der Waals surface area contributed by atoms with E-state index in [0.29, 0.717) is 28.0 Å². The highest BCUT2D eigenvalue weighted by molar-refractivity contribution is 8.23. The van der Waals surface area contributed by atoms with Gasteiger partial charge in [-0.15, -0.1) is 0 Å². The summed E-state index contributed by atoms with van der Waals surface area (Å²) in [5.41, 5.74) is 2.12. The lowest BCUT2D eigenvalue weighted by Crippen LogP contribution is -2.22. The van der Waals surface area contributed by atoms with Gasteiger partial charge in [-0.05, 0) is 29.8 Å². The summed E-state index contributed by atoms with van der Waals surface area (Å²) in [4.78, 5) is 23.2. The minimum Gasteiger partial charge on any atom is -0.488 e. The predicted octanol–water partition coefficient (Wildman–Crippen LogP) is 3.25. The zero-order chi connectivity index (χ0) is 19.2. The number of carbonyl (C=O) groups is 2. The second kappa shape index (κ2) is 8.79. The number of hydrogen-bond acceptors (Lipinski definition) is 7. The highest BCUT2D eigenvalue weighted by atomic mass is 32.2. The molecule has 1 saturated heterocycles. The van der Waals surface area contributed by atoms with E-state index < -0.39 is 0 Å². The summed E-state index contributed by atoms with van der Waals surface area (Å²) < 4.78 is 11.0. The van der Waals surface area contributed by atoms with E-state index in [-0.39, 0.29) is 11.9 Å². The van der Waals surface area contributed by atoms with Crippen LogP contribution in [-0.4, -0.2) is 40.3 Å². The van der Waals surface area contributed by atoms with E-state index in [1.54, 1.807) is 18.3 Å². The van der Waals surface area contributed by atoms with E-state index in [4.69, 9.17) is 17.0 Å². The molecule has 0 bridgehead atoms. The van der Waals surface area contributed by atoms with Crippen molar-refractivity contribution in [2.45, 2.75) is 6.61 Å². The molecule has 0 aromatic heterocycles. The molecule has 1 amide bonds. The summed E-state index contributed by atoms with van der Waals surface area (Å²) in [6, 6.07) is 14.4. The van der Waals surface area contributed by atoms with Gasteiger partial charge in [0.25, 0.3) is 5.91 Å². The van der Waals surface area contributed by atoms with Crippen LogP contribution in [0.4, 0.5) is 0 Å². The predicted molar refractivity (Wildman–Crippen MR) is 108 cm³/mol. The molecule has 6 nitrogen and oxygen atoms in total. The van der Waals surface area contributed by atoms with Crippen molar-refractivity contribution in [2.24, 2.45) is 5.10 Å². The van der Waals surface area contributed by atoms with Crippen molar-refractivity contribution < 1.29 is 19.1 Å². The summed E-state index contributed by atoms with van der Waals surface area (Å²) in [7, 11) is 1.35. The zero-order valence-corrected chi connectivity index (χ0v) is 16.1. The first kappa shape index (κ1) is 19.1. The molecule has 0 spiro atoms. The molecule has 0 radical (unpaired) electrons. The number of rotatable bonds is 6. The highest BCUT2D eigenvalue weighted by Crippen LogP contribution is 2.21. The van der Waals surface area contributed by atoms with Crippen molar-refractivity contribution >= 4 is 46.4 Å². The summed E-state index contributed by atoms with van der Waals surface area (Å²) in [6.07, 6.45) is 1.56. The SMILES string of the molecule is COC(=O)c1ccc(COc2ccccc2/C=N/N2C(=O)CSC2=S)cc1. The van der Waals surface area contributed by atoms with E-state index in [1.807, 2.05) is 36.4 Å². The lowest BCUT2D eigenvalue weighted by atomic mass is 10.1. The molecule has 1 fully saturated rings. The normalized spacial score (nSPS) is 14.0. The van der Waals surface area contributed by atoms with Crippen molar-refractivity contribution in [2.75, 3.05) is 12.9 Å². The molecule has 2 aromatic rings. The Hall–Kier alpha value is -2.71. The Morgan fingerprint density at radius 1 is 1.26 bits per heavy atom. The fourth-order valence-corrected chi connectivity index (χ4v) is 3.28. The number of methoxy groups -OCH3 is 1. The molecule has 8 heteroatoms. The molecule has 2 aromatic carbocycles. The van der Waals surface area contributed by atoms with E-state index in [9.17, 15) is 9.59 Å². The van der Waals surface area contributed by atoms with Gasteiger partial charge in [0.05, 0.1) is 24.6 Å². The first-order valence-corrected chi connectivity index (χ1v) is 9.40. The topological polar surface area (TPSA) is 68.2 Å². The smallest absolute Gasteiger partial charge is 0.337 e. The third-order valence-corrected chi connectivity index (χ3v) is 5.07. The first-order chi connectivity index (χ1) is 13.1. The Balaban J connectivity index is 1.68. The van der Waals surface area contributed by atoms with Gasteiger partial charge >= 0.3 is 5.97 Å². The van der Waals surface area contributed by atoms with Gasteiger partial charge in [-0.3, -0.25) is 4.79 Å². The Bertz CT molecular complexity index is 881. The Labute approximate surface area is 166 Å². The average molecular weight is 400 g/mol. The van der Waals surface area contributed by atoms with Crippen LogP contribution in [-0.2, 0) is 16.1 Å². The van der Waals surface area contributed by atoms with Crippen LogP contribution < -0.4 is 4.74 Å². The maximum absolute atomic E-state index is 11.7. The van der Waals surface area contributed by atoms with Crippen molar-refractivity contribution in [3.63, 3.8) is 0 Å². The van der Waals surface area contributed by atoms with Gasteiger partial charge in [-0.2, -0.15) is 10.1 Å². The van der Waals surface area contributed by atoms with E-state index >= 15 is 0 Å². The molecule has 0 unspecified atom stereocenters. The minimum atomic E-state index is -0.378. The van der Waals surface area contributed by atoms with Crippen molar-refractivity contribution in [3.8, 4) is 5.75 Å². The largest absolute Gasteiger partial charge is 0.488 e. The zero-order valence-electron chi connectivity index (χ0n) is 14.5. The molecule has 1 aliphatic rings. The molecular formula is C19H16N2O4S2. The van der Waals surface area contributed by atoms with Crippen LogP contribution in [0.25, 0.3) is 0 Å². The number of nitrogens with zero attached hydrogens (tertiary/aromatic N) is 2. The quantitative estimate of drug-likeness (QED) is 0.421. The average Bonchev–Trinajstić information content (AvgIpc) is 3.02. The van der Waals surface area contributed by atoms with Crippen LogP contribution in [0, 0.1) is 0 Å². The van der Waals surface area contributed by atoms with Crippen LogP contribution in [0.5, 0.6) is 5.75 Å². The van der Waals surface area contributed by atoms with Crippen LogP contribution in [0.3, 0.4) is 0 Å². The molecule has 138 valence electrons. The maximum atomic E-state index is 11.7. The monoisotopic (exact) mass is 400 g/mol. The van der Waals surface area contributed by atoms with Gasteiger partial charge in [0.1, 0.15) is 12.4 Å². The second-order valence-electron chi connectivity index (χ2n) is 5.52. The molecule has 0 saturated carbocycles. The van der Waals surface area contributed by atoms with Gasteiger partial charge in [-0.1, -0.05) is 48.2 Å². The number of thiocarbonyl (C=S) groups is 1. The lowest BCUT2D eigenvalue weighted by molar-refractivity contribution is -0.124. The van der Waals surface area contributed by atoms with E-state index in [1.165, 1.54) is 23.9 Å². The molecule has 27 heavy (non-hydrogen) atoms. The summed E-state index contributed by atoms with van der Waals surface area (Å²) in [6.45, 7) is 0.323. The summed E-state index contributed by atoms with van der Waals surface area (Å²) in [5.74, 6) is 0.431.